The maximum Gasteiger partial charge on any atom is 0.323 e. The lowest BCUT2D eigenvalue weighted by Crippen LogP contribution is -2.51. The minimum absolute atomic E-state index is 0.366. The summed E-state index contributed by atoms with van der Waals surface area (Å²) in [6, 6.07) is 4.39. The van der Waals surface area contributed by atoms with E-state index in [0.717, 1.165) is 23.5 Å². The molecule has 5 nitrogen and oxygen atoms in total. The first-order valence-corrected chi connectivity index (χ1v) is 8.02. The van der Waals surface area contributed by atoms with Gasteiger partial charge in [-0.2, -0.15) is 0 Å². The molecule has 1 unspecified atom stereocenters. The maximum atomic E-state index is 11.6. The van der Waals surface area contributed by atoms with E-state index in [4.69, 9.17) is 0 Å². The lowest BCUT2D eigenvalue weighted by Gasteiger charge is -2.26. The summed E-state index contributed by atoms with van der Waals surface area (Å²) in [6.07, 6.45) is 6.37. The van der Waals surface area contributed by atoms with Crippen LogP contribution in [0.4, 0.5) is 0 Å². The van der Waals surface area contributed by atoms with Crippen LogP contribution >= 0.6 is 11.3 Å². The zero-order valence-corrected chi connectivity index (χ0v) is 12.8. The molecular weight excluding hydrogens is 286 g/mol. The molecule has 0 radical (unpaired) electrons. The Kier molecular flexibility index (Phi) is 3.82. The van der Waals surface area contributed by atoms with E-state index in [1.54, 1.807) is 24.5 Å². The van der Waals surface area contributed by atoms with Gasteiger partial charge in [0.1, 0.15) is 11.4 Å². The molecule has 1 saturated carbocycles. The van der Waals surface area contributed by atoms with Gasteiger partial charge in [-0.1, -0.05) is 6.07 Å². The van der Waals surface area contributed by atoms with Crippen LogP contribution in [-0.2, 0) is 11.3 Å². The molecule has 1 aliphatic rings. The van der Waals surface area contributed by atoms with Crippen molar-refractivity contribution in [1.29, 1.82) is 0 Å². The van der Waals surface area contributed by atoms with Gasteiger partial charge in [0, 0.05) is 25.0 Å². The number of thiophene rings is 1. The summed E-state index contributed by atoms with van der Waals surface area (Å²) in [5.74, 6) is 0.122. The number of aromatic nitrogens is 2. The molecule has 3 rings (SSSR count). The van der Waals surface area contributed by atoms with Crippen molar-refractivity contribution in [2.24, 2.45) is 0 Å². The molecule has 21 heavy (non-hydrogen) atoms. The highest BCUT2D eigenvalue weighted by Gasteiger charge is 2.38. The Bertz CT molecular complexity index is 619. The molecule has 112 valence electrons. The zero-order chi connectivity index (χ0) is 14.9. The lowest BCUT2D eigenvalue weighted by molar-refractivity contribution is -0.144. The van der Waals surface area contributed by atoms with Gasteiger partial charge in [-0.25, -0.2) is 4.98 Å². The van der Waals surface area contributed by atoms with Crippen LogP contribution in [0, 0.1) is 0 Å². The predicted molar refractivity (Wildman–Crippen MR) is 82.4 cm³/mol. The third-order valence-electron chi connectivity index (χ3n) is 3.88. The summed E-state index contributed by atoms with van der Waals surface area (Å²) in [4.78, 5) is 17.1. The topological polar surface area (TPSA) is 67.2 Å². The molecule has 0 saturated heterocycles. The summed E-state index contributed by atoms with van der Waals surface area (Å²) < 4.78 is 2.03. The standard InChI is InChI=1S/C15H19N3O2S/c1-15(14(19)20,17-11-4-5-11)6-8-18-9-7-16-13(18)12-3-2-10-21-12/h2-3,7,9-11,17H,4-6,8H2,1H3,(H,19,20). The van der Waals surface area contributed by atoms with E-state index >= 15 is 0 Å². The summed E-state index contributed by atoms with van der Waals surface area (Å²) in [6.45, 7) is 2.41. The molecule has 0 spiro atoms. The minimum atomic E-state index is -0.877. The third kappa shape index (κ3) is 3.16. The number of hydrogen-bond acceptors (Lipinski definition) is 4. The number of aryl methyl sites for hydroxylation is 1. The fourth-order valence-corrected chi connectivity index (χ4v) is 3.12. The first-order chi connectivity index (χ1) is 10.1. The second-order valence-electron chi connectivity index (χ2n) is 5.73. The number of carboxylic acids is 1. The minimum Gasteiger partial charge on any atom is -0.480 e. The fraction of sp³-hybridized carbons (Fsp3) is 0.467. The van der Waals surface area contributed by atoms with Gasteiger partial charge in [0.05, 0.1) is 4.88 Å². The zero-order valence-electron chi connectivity index (χ0n) is 12.0. The Morgan fingerprint density at radius 3 is 3.05 bits per heavy atom. The van der Waals surface area contributed by atoms with Gasteiger partial charge in [0.25, 0.3) is 0 Å². The van der Waals surface area contributed by atoms with Crippen LogP contribution in [0.1, 0.15) is 26.2 Å². The smallest absolute Gasteiger partial charge is 0.323 e. The molecule has 0 aromatic carbocycles. The Labute approximate surface area is 127 Å². The number of aliphatic carboxylic acids is 1. The lowest BCUT2D eigenvalue weighted by atomic mass is 9.97. The van der Waals surface area contributed by atoms with Crippen LogP contribution in [0.5, 0.6) is 0 Å². The normalized spacial score (nSPS) is 17.6. The van der Waals surface area contributed by atoms with Crippen molar-refractivity contribution >= 4 is 17.3 Å². The van der Waals surface area contributed by atoms with Crippen LogP contribution in [0.25, 0.3) is 10.7 Å². The summed E-state index contributed by atoms with van der Waals surface area (Å²) in [7, 11) is 0. The van der Waals surface area contributed by atoms with E-state index in [1.165, 1.54) is 0 Å². The van der Waals surface area contributed by atoms with Gasteiger partial charge in [0.15, 0.2) is 0 Å². The van der Waals surface area contributed by atoms with Crippen LogP contribution in [0.2, 0.25) is 0 Å². The highest BCUT2D eigenvalue weighted by Crippen LogP contribution is 2.26. The molecular formula is C15H19N3O2S. The molecule has 0 amide bonds. The summed E-state index contributed by atoms with van der Waals surface area (Å²) in [5, 5.41) is 14.8. The van der Waals surface area contributed by atoms with Crippen LogP contribution in [0.15, 0.2) is 29.9 Å². The average molecular weight is 305 g/mol. The van der Waals surface area contributed by atoms with E-state index in [0.29, 0.717) is 19.0 Å². The predicted octanol–water partition coefficient (Wildman–Crippen LogP) is 2.60. The van der Waals surface area contributed by atoms with Crippen LogP contribution < -0.4 is 5.32 Å². The number of rotatable bonds is 7. The number of carbonyl (C=O) groups is 1. The van der Waals surface area contributed by atoms with Crippen molar-refractivity contribution in [3.63, 3.8) is 0 Å². The van der Waals surface area contributed by atoms with Gasteiger partial charge in [0.2, 0.25) is 0 Å². The van der Waals surface area contributed by atoms with Gasteiger partial charge in [-0.15, -0.1) is 11.3 Å². The Balaban J connectivity index is 1.72. The molecule has 1 fully saturated rings. The van der Waals surface area contributed by atoms with E-state index in [9.17, 15) is 9.90 Å². The van der Waals surface area contributed by atoms with Crippen LogP contribution in [-0.4, -0.2) is 32.2 Å². The Hall–Kier alpha value is -1.66. The van der Waals surface area contributed by atoms with Crippen molar-refractivity contribution in [3.05, 3.63) is 29.9 Å². The number of imidazole rings is 1. The monoisotopic (exact) mass is 305 g/mol. The van der Waals surface area contributed by atoms with E-state index in [1.807, 2.05) is 28.3 Å². The van der Waals surface area contributed by atoms with E-state index < -0.39 is 11.5 Å². The first kappa shape index (κ1) is 14.3. The molecule has 2 heterocycles. The van der Waals surface area contributed by atoms with Gasteiger partial charge >= 0.3 is 5.97 Å². The highest BCUT2D eigenvalue weighted by atomic mass is 32.1. The summed E-state index contributed by atoms with van der Waals surface area (Å²) >= 11 is 1.64. The number of hydrogen-bond donors (Lipinski definition) is 2. The second kappa shape index (κ2) is 5.61. The molecule has 2 aromatic rings. The number of carboxylic acid groups (broad SMARTS) is 1. The number of nitrogens with one attached hydrogen (secondary N) is 1. The van der Waals surface area contributed by atoms with Gasteiger partial charge in [-0.05, 0) is 37.6 Å². The van der Waals surface area contributed by atoms with Gasteiger partial charge < -0.3 is 9.67 Å². The molecule has 1 atom stereocenters. The third-order valence-corrected chi connectivity index (χ3v) is 4.75. The highest BCUT2D eigenvalue weighted by molar-refractivity contribution is 7.13. The van der Waals surface area contributed by atoms with Gasteiger partial charge in [-0.3, -0.25) is 10.1 Å². The van der Waals surface area contributed by atoms with Crippen molar-refractivity contribution in [3.8, 4) is 10.7 Å². The summed E-state index contributed by atoms with van der Waals surface area (Å²) in [5.41, 5.74) is -0.877. The Morgan fingerprint density at radius 2 is 2.43 bits per heavy atom. The second-order valence-corrected chi connectivity index (χ2v) is 6.68. The average Bonchev–Trinajstić information content (AvgIpc) is 2.96. The molecule has 0 bridgehead atoms. The largest absolute Gasteiger partial charge is 0.480 e. The van der Waals surface area contributed by atoms with Crippen LogP contribution in [0.3, 0.4) is 0 Å². The van der Waals surface area contributed by atoms with Crippen molar-refractivity contribution in [1.82, 2.24) is 14.9 Å². The first-order valence-electron chi connectivity index (χ1n) is 7.14. The Morgan fingerprint density at radius 1 is 1.62 bits per heavy atom. The molecule has 1 aliphatic carbocycles. The molecule has 2 aromatic heterocycles. The molecule has 6 heteroatoms. The fourth-order valence-electron chi connectivity index (χ4n) is 2.38. The quantitative estimate of drug-likeness (QED) is 0.825. The van der Waals surface area contributed by atoms with E-state index in [-0.39, 0.29) is 0 Å². The van der Waals surface area contributed by atoms with Crippen molar-refractivity contribution in [2.75, 3.05) is 0 Å². The van der Waals surface area contributed by atoms with E-state index in [2.05, 4.69) is 10.3 Å². The maximum absolute atomic E-state index is 11.6. The molecule has 2 N–H and O–H groups in total. The van der Waals surface area contributed by atoms with Crippen molar-refractivity contribution in [2.45, 2.75) is 44.3 Å². The number of nitrogens with zero attached hydrogens (tertiary/aromatic N) is 2. The molecule has 0 aliphatic heterocycles. The SMILES string of the molecule is CC(CCn1ccnc1-c1cccs1)(NC1CC1)C(=O)O. The van der Waals surface area contributed by atoms with Crippen molar-refractivity contribution < 1.29 is 9.90 Å².